The van der Waals surface area contributed by atoms with Crippen molar-refractivity contribution in [3.05, 3.63) is 99.6 Å². The molecule has 6 rings (SSSR count). The number of hydrogen-bond donors (Lipinski definition) is 0. The van der Waals surface area contributed by atoms with Gasteiger partial charge in [-0.15, -0.1) is 0 Å². The van der Waals surface area contributed by atoms with Gasteiger partial charge >= 0.3 is 0 Å². The van der Waals surface area contributed by atoms with Gasteiger partial charge in [-0.05, 0) is 66.8 Å². The predicted molar refractivity (Wildman–Crippen MR) is 130 cm³/mol. The highest BCUT2D eigenvalue weighted by Crippen LogP contribution is 2.51. The smallest absolute Gasteiger partial charge is 0.233 e. The van der Waals surface area contributed by atoms with Gasteiger partial charge in [0.15, 0.2) is 0 Å². The maximum Gasteiger partial charge on any atom is 0.233 e. The summed E-state index contributed by atoms with van der Waals surface area (Å²) >= 11 is 12.7. The Bertz CT molecular complexity index is 1270. The summed E-state index contributed by atoms with van der Waals surface area (Å²) in [7, 11) is 0. The molecule has 0 amide bonds. The van der Waals surface area contributed by atoms with Gasteiger partial charge in [0, 0.05) is 41.7 Å². The minimum absolute atomic E-state index is 0.159. The monoisotopic (exact) mass is 478 g/mol. The first kappa shape index (κ1) is 21.1. The van der Waals surface area contributed by atoms with E-state index in [2.05, 4.69) is 45.3 Å². The fraction of sp³-hybridized carbons (Fsp3) is 0.308. The lowest BCUT2D eigenvalue weighted by Crippen LogP contribution is -2.29. The van der Waals surface area contributed by atoms with Crippen LogP contribution in [0.15, 0.2) is 67.1 Å². The first-order valence-electron chi connectivity index (χ1n) is 11.3. The van der Waals surface area contributed by atoms with Crippen molar-refractivity contribution in [2.45, 2.75) is 37.5 Å². The van der Waals surface area contributed by atoms with Crippen LogP contribution in [0.3, 0.4) is 0 Å². The van der Waals surface area contributed by atoms with Crippen LogP contribution in [0.2, 0.25) is 10.0 Å². The van der Waals surface area contributed by atoms with Gasteiger partial charge in [-0.3, -0.25) is 9.30 Å². The van der Waals surface area contributed by atoms with E-state index >= 15 is 0 Å². The van der Waals surface area contributed by atoms with Crippen LogP contribution in [-0.4, -0.2) is 32.4 Å². The molecular formula is C26H24Cl2N4O. The van der Waals surface area contributed by atoms with Gasteiger partial charge in [-0.25, -0.2) is 9.97 Å². The Morgan fingerprint density at radius 1 is 1.03 bits per heavy atom. The number of imidazole rings is 1. The summed E-state index contributed by atoms with van der Waals surface area (Å²) in [5.41, 5.74) is 4.27. The zero-order valence-corrected chi connectivity index (χ0v) is 19.6. The summed E-state index contributed by atoms with van der Waals surface area (Å²) < 4.78 is 8.89. The van der Waals surface area contributed by atoms with Crippen LogP contribution in [0.1, 0.15) is 47.8 Å². The molecule has 0 saturated carbocycles. The van der Waals surface area contributed by atoms with Gasteiger partial charge in [0.25, 0.3) is 0 Å². The van der Waals surface area contributed by atoms with E-state index in [-0.39, 0.29) is 11.7 Å². The van der Waals surface area contributed by atoms with Gasteiger partial charge in [-0.1, -0.05) is 47.5 Å². The molecule has 4 aromatic rings. The van der Waals surface area contributed by atoms with Crippen LogP contribution in [0.5, 0.6) is 0 Å². The number of fused-ring (bicyclic) bond motifs is 3. The summed E-state index contributed by atoms with van der Waals surface area (Å²) in [6.07, 6.45) is 8.65. The molecule has 2 aromatic carbocycles. The molecule has 5 nitrogen and oxygen atoms in total. The number of hydrogen-bond acceptors (Lipinski definition) is 4. The van der Waals surface area contributed by atoms with Gasteiger partial charge in [-0.2, -0.15) is 0 Å². The Kier molecular flexibility index (Phi) is 5.38. The van der Waals surface area contributed by atoms with Crippen LogP contribution in [-0.2, 0) is 16.9 Å². The van der Waals surface area contributed by atoms with Crippen LogP contribution in [0, 0.1) is 0 Å². The molecule has 2 aromatic heterocycles. The Hall–Kier alpha value is -2.44. The molecule has 0 aliphatic carbocycles. The molecule has 33 heavy (non-hydrogen) atoms. The van der Waals surface area contributed by atoms with E-state index in [4.69, 9.17) is 27.9 Å². The summed E-state index contributed by atoms with van der Waals surface area (Å²) in [6, 6.07) is 16.2. The molecule has 2 aliphatic rings. The predicted octanol–water partition coefficient (Wildman–Crippen LogP) is 6.04. The largest absolute Gasteiger partial charge is 0.358 e. The van der Waals surface area contributed by atoms with Gasteiger partial charge < -0.3 is 4.74 Å². The highest BCUT2D eigenvalue weighted by molar-refractivity contribution is 6.34. The average molecular weight is 479 g/mol. The second kappa shape index (κ2) is 8.41. The van der Waals surface area contributed by atoms with E-state index in [1.807, 2.05) is 28.8 Å². The number of ether oxygens (including phenoxy) is 1. The van der Waals surface area contributed by atoms with E-state index in [0.29, 0.717) is 10.0 Å². The van der Waals surface area contributed by atoms with Crippen molar-refractivity contribution in [3.8, 4) is 0 Å². The van der Waals surface area contributed by atoms with Gasteiger partial charge in [0.2, 0.25) is 5.78 Å². The Morgan fingerprint density at radius 2 is 1.88 bits per heavy atom. The van der Waals surface area contributed by atoms with Crippen molar-refractivity contribution in [3.63, 3.8) is 0 Å². The maximum atomic E-state index is 6.91. The van der Waals surface area contributed by atoms with Gasteiger partial charge in [0.05, 0.1) is 11.3 Å². The Balaban J connectivity index is 1.26. The molecule has 168 valence electrons. The maximum absolute atomic E-state index is 6.91. The lowest BCUT2D eigenvalue weighted by atomic mass is 9.85. The molecule has 0 radical (unpaired) electrons. The van der Waals surface area contributed by atoms with Crippen LogP contribution >= 0.6 is 23.2 Å². The summed E-state index contributed by atoms with van der Waals surface area (Å²) in [5.74, 6) is 0.745. The van der Waals surface area contributed by atoms with Gasteiger partial charge in [0.1, 0.15) is 6.10 Å². The molecule has 2 atom stereocenters. The highest BCUT2D eigenvalue weighted by atomic mass is 35.5. The van der Waals surface area contributed by atoms with Crippen molar-refractivity contribution in [1.29, 1.82) is 0 Å². The third-order valence-electron chi connectivity index (χ3n) is 6.82. The number of nitrogens with zero attached hydrogens (tertiary/aromatic N) is 4. The molecule has 0 bridgehead atoms. The van der Waals surface area contributed by atoms with E-state index in [0.717, 1.165) is 55.9 Å². The van der Waals surface area contributed by atoms with Crippen LogP contribution in [0.25, 0.3) is 5.78 Å². The van der Waals surface area contributed by atoms with Crippen molar-refractivity contribution < 1.29 is 4.74 Å². The quantitative estimate of drug-likeness (QED) is 0.360. The van der Waals surface area contributed by atoms with Crippen molar-refractivity contribution >= 4 is 29.0 Å². The molecule has 0 N–H and O–H groups in total. The second-order valence-electron chi connectivity index (χ2n) is 8.97. The highest BCUT2D eigenvalue weighted by Gasteiger charge is 2.45. The lowest BCUT2D eigenvalue weighted by Gasteiger charge is -2.30. The number of likely N-dealkylation sites (tertiary alicyclic amines) is 1. The standard InChI is InChI=1S/C26H24Cl2N4O/c27-19-13-18(14-20(28)15-19)24-22-5-1-2-6-23(22)26(33-24)7-3-10-31(12-8-26)16-21-17-32-11-4-9-29-25(32)30-21/h1-2,4-6,9,11,13-15,17,24H,3,7-8,10,12,16H2. The first-order chi connectivity index (χ1) is 16.1. The van der Waals surface area contributed by atoms with E-state index < -0.39 is 0 Å². The fourth-order valence-electron chi connectivity index (χ4n) is 5.36. The molecule has 1 saturated heterocycles. The fourth-order valence-corrected chi connectivity index (χ4v) is 5.90. The molecule has 2 unspecified atom stereocenters. The van der Waals surface area contributed by atoms with Crippen molar-refractivity contribution in [2.24, 2.45) is 0 Å². The Morgan fingerprint density at radius 3 is 2.73 bits per heavy atom. The average Bonchev–Trinajstić information content (AvgIpc) is 3.28. The summed E-state index contributed by atoms with van der Waals surface area (Å²) in [6.45, 7) is 2.77. The first-order valence-corrected chi connectivity index (χ1v) is 12.1. The molecule has 7 heteroatoms. The molecule has 1 fully saturated rings. The lowest BCUT2D eigenvalue weighted by molar-refractivity contribution is -0.0707. The topological polar surface area (TPSA) is 42.7 Å². The zero-order chi connectivity index (χ0) is 22.4. The number of aromatic nitrogens is 3. The zero-order valence-electron chi connectivity index (χ0n) is 18.1. The minimum atomic E-state index is -0.300. The number of rotatable bonds is 3. The molecular weight excluding hydrogens is 455 g/mol. The third-order valence-corrected chi connectivity index (χ3v) is 7.26. The van der Waals surface area contributed by atoms with Crippen molar-refractivity contribution in [1.82, 2.24) is 19.3 Å². The van der Waals surface area contributed by atoms with E-state index in [1.165, 1.54) is 11.1 Å². The normalized spacial score (nSPS) is 23.2. The summed E-state index contributed by atoms with van der Waals surface area (Å²) in [5, 5.41) is 1.27. The van der Waals surface area contributed by atoms with Crippen LogP contribution < -0.4 is 0 Å². The second-order valence-corrected chi connectivity index (χ2v) is 9.84. The van der Waals surface area contributed by atoms with E-state index in [9.17, 15) is 0 Å². The molecule has 2 aliphatic heterocycles. The van der Waals surface area contributed by atoms with Crippen molar-refractivity contribution in [2.75, 3.05) is 13.1 Å². The van der Waals surface area contributed by atoms with E-state index in [1.54, 1.807) is 12.3 Å². The Labute approximate surface area is 202 Å². The minimum Gasteiger partial charge on any atom is -0.358 e. The molecule has 1 spiro atoms. The van der Waals surface area contributed by atoms with Crippen LogP contribution in [0.4, 0.5) is 0 Å². The number of halogens is 2. The number of benzene rings is 2. The molecule has 4 heterocycles. The third kappa shape index (κ3) is 3.93. The SMILES string of the molecule is Clc1cc(Cl)cc(C2OC3(CCCN(Cc4cn5cccnc5n4)CC3)c3ccccc32)c1. The summed E-state index contributed by atoms with van der Waals surface area (Å²) in [4.78, 5) is 11.5.